The van der Waals surface area contributed by atoms with Gasteiger partial charge in [-0.05, 0) is 25.7 Å². The molecule has 1 aromatic heterocycles. The van der Waals surface area contributed by atoms with Gasteiger partial charge in [-0.1, -0.05) is 64.6 Å². The molecule has 1 atom stereocenters. The second-order valence-electron chi connectivity index (χ2n) is 7.42. The molecule has 0 fully saturated rings. The summed E-state index contributed by atoms with van der Waals surface area (Å²) in [6, 6.07) is 7.73. The monoisotopic (exact) mass is 483 g/mol. The van der Waals surface area contributed by atoms with Gasteiger partial charge < -0.3 is 9.47 Å². The molecule has 30 heavy (non-hydrogen) atoms. The lowest BCUT2D eigenvalue weighted by atomic mass is 10.0. The van der Waals surface area contributed by atoms with E-state index in [1.54, 1.807) is 0 Å². The molecule has 9 heteroatoms. The van der Waals surface area contributed by atoms with E-state index in [9.17, 15) is 9.59 Å². The minimum Gasteiger partial charge on any atom is -0.350 e. The highest BCUT2D eigenvalue weighted by Crippen LogP contribution is 2.45. The topological polar surface area (TPSA) is 45.6 Å². The van der Waals surface area contributed by atoms with Crippen molar-refractivity contribution in [3.05, 3.63) is 67.2 Å². The highest BCUT2D eigenvalue weighted by Gasteiger charge is 2.42. The number of fused-ring (bicyclic) bond motifs is 2. The van der Waals surface area contributed by atoms with Crippen molar-refractivity contribution in [2.24, 2.45) is 7.05 Å². The Bertz CT molecular complexity index is 1170. The van der Waals surface area contributed by atoms with Crippen molar-refractivity contribution in [2.45, 2.75) is 6.04 Å². The second kappa shape index (κ2) is 7.74. The third kappa shape index (κ3) is 3.12. The number of rotatable bonds is 4. The minimum absolute atomic E-state index is 0.00325. The number of aryl methyl sites for hydroxylation is 1. The zero-order valence-corrected chi connectivity index (χ0v) is 19.4. The van der Waals surface area contributed by atoms with Crippen molar-refractivity contribution in [1.82, 2.24) is 14.4 Å². The van der Waals surface area contributed by atoms with Crippen LogP contribution in [0.1, 0.15) is 32.3 Å². The van der Waals surface area contributed by atoms with E-state index in [2.05, 4.69) is 0 Å². The van der Waals surface area contributed by atoms with Crippen molar-refractivity contribution in [3.8, 4) is 0 Å². The summed E-state index contributed by atoms with van der Waals surface area (Å²) in [5, 5.41) is 0.853. The number of imide groups is 1. The van der Waals surface area contributed by atoms with E-state index < -0.39 is 11.8 Å². The summed E-state index contributed by atoms with van der Waals surface area (Å²) in [7, 11) is 5.76. The van der Waals surface area contributed by atoms with E-state index >= 15 is 0 Å². The highest BCUT2D eigenvalue weighted by molar-refractivity contribution is 6.55. The molecule has 5 nitrogen and oxygen atoms in total. The third-order valence-electron chi connectivity index (χ3n) is 5.45. The average molecular weight is 485 g/mol. The smallest absolute Gasteiger partial charge is 0.263 e. The fourth-order valence-corrected chi connectivity index (χ4v) is 4.93. The number of para-hydroxylation sites is 1. The van der Waals surface area contributed by atoms with E-state index in [1.807, 2.05) is 61.1 Å². The van der Waals surface area contributed by atoms with Crippen molar-refractivity contribution in [3.63, 3.8) is 0 Å². The predicted octanol–water partition coefficient (Wildman–Crippen LogP) is 5.69. The molecule has 0 N–H and O–H groups in total. The molecular weight excluding hydrogens is 468 g/mol. The maximum Gasteiger partial charge on any atom is 0.263 e. The van der Waals surface area contributed by atoms with Crippen LogP contribution >= 0.6 is 46.4 Å². The first-order chi connectivity index (χ1) is 14.1. The van der Waals surface area contributed by atoms with Crippen LogP contribution in [-0.2, 0) is 7.05 Å². The van der Waals surface area contributed by atoms with Gasteiger partial charge >= 0.3 is 0 Å². The minimum atomic E-state index is -0.535. The Balaban J connectivity index is 1.79. The van der Waals surface area contributed by atoms with Gasteiger partial charge in [0, 0.05) is 30.7 Å². The quantitative estimate of drug-likeness (QED) is 0.271. The van der Waals surface area contributed by atoms with Crippen LogP contribution < -0.4 is 0 Å². The van der Waals surface area contributed by atoms with Gasteiger partial charge in [-0.3, -0.25) is 14.5 Å². The van der Waals surface area contributed by atoms with Gasteiger partial charge in [0.05, 0.1) is 37.3 Å². The molecule has 2 amide bonds. The predicted molar refractivity (Wildman–Crippen MR) is 121 cm³/mol. The molecule has 2 heterocycles. The summed E-state index contributed by atoms with van der Waals surface area (Å²) >= 11 is 24.7. The molecule has 0 aliphatic carbocycles. The summed E-state index contributed by atoms with van der Waals surface area (Å²) in [5.41, 5.74) is 2.06. The van der Waals surface area contributed by atoms with E-state index in [4.69, 9.17) is 46.4 Å². The molecule has 0 spiro atoms. The van der Waals surface area contributed by atoms with E-state index in [0.29, 0.717) is 0 Å². The number of nitrogens with zero attached hydrogens (tertiary/aromatic N) is 3. The summed E-state index contributed by atoms with van der Waals surface area (Å²) < 4.78 is 2.02. The summed E-state index contributed by atoms with van der Waals surface area (Å²) in [5.74, 6) is -1.07. The molecule has 0 bridgehead atoms. The van der Waals surface area contributed by atoms with Gasteiger partial charge in [0.15, 0.2) is 0 Å². The molecule has 2 aromatic carbocycles. The van der Waals surface area contributed by atoms with Crippen LogP contribution in [-0.4, -0.2) is 46.8 Å². The number of carbonyl (C=O) groups excluding carboxylic acids is 2. The molecule has 1 aliphatic heterocycles. The standard InChI is InChI=1S/C21H17Cl4N3O2/c1-26(2)13(11-8-27(3)12-7-5-4-6-10(11)12)9-28-20(29)14-15(21(28)30)17(23)19(25)18(24)16(14)22/h4-8,13H,9H2,1-3H3/t13-/m1/s1. The molecule has 1 aliphatic rings. The van der Waals surface area contributed by atoms with Gasteiger partial charge in [-0.25, -0.2) is 0 Å². The van der Waals surface area contributed by atoms with Crippen molar-refractivity contribution in [1.29, 1.82) is 0 Å². The van der Waals surface area contributed by atoms with E-state index in [0.717, 1.165) is 21.4 Å². The van der Waals surface area contributed by atoms with Crippen molar-refractivity contribution in [2.75, 3.05) is 20.6 Å². The van der Waals surface area contributed by atoms with Gasteiger partial charge in [0.2, 0.25) is 0 Å². The van der Waals surface area contributed by atoms with Gasteiger partial charge in [0.1, 0.15) is 0 Å². The van der Waals surface area contributed by atoms with Gasteiger partial charge in [-0.2, -0.15) is 0 Å². The SMILES string of the molecule is CN(C)[C@H](CN1C(=O)c2c(Cl)c(Cl)c(Cl)c(Cl)c2C1=O)c1cn(C)c2ccccc12. The Morgan fingerprint density at radius 2 is 1.43 bits per heavy atom. The summed E-state index contributed by atoms with van der Waals surface area (Å²) in [6.07, 6.45) is 2.02. The van der Waals surface area contributed by atoms with Crippen LogP contribution in [0.25, 0.3) is 10.9 Å². The Morgan fingerprint density at radius 1 is 0.900 bits per heavy atom. The Kier molecular flexibility index (Phi) is 5.54. The molecular formula is C21H17Cl4N3O2. The van der Waals surface area contributed by atoms with Crippen molar-refractivity contribution >= 4 is 69.1 Å². The Labute approximate surface area is 193 Å². The lowest BCUT2D eigenvalue weighted by molar-refractivity contribution is 0.0612. The highest BCUT2D eigenvalue weighted by atomic mass is 35.5. The summed E-state index contributed by atoms with van der Waals surface area (Å²) in [6.45, 7) is 0.120. The number of aromatic nitrogens is 1. The number of halogens is 4. The first kappa shape index (κ1) is 21.5. The molecule has 0 saturated heterocycles. The number of hydrogen-bond acceptors (Lipinski definition) is 3. The molecule has 156 valence electrons. The van der Waals surface area contributed by atoms with E-state index in [1.165, 1.54) is 0 Å². The first-order valence-corrected chi connectivity index (χ1v) is 10.6. The Hall–Kier alpha value is -1.76. The van der Waals surface area contributed by atoms with Crippen molar-refractivity contribution < 1.29 is 9.59 Å². The lowest BCUT2D eigenvalue weighted by Gasteiger charge is -2.28. The zero-order chi connectivity index (χ0) is 21.9. The third-order valence-corrected chi connectivity index (χ3v) is 7.25. The van der Waals surface area contributed by atoms with Crippen LogP contribution in [0.2, 0.25) is 20.1 Å². The van der Waals surface area contributed by atoms with Crippen LogP contribution in [0.5, 0.6) is 0 Å². The second-order valence-corrected chi connectivity index (χ2v) is 8.93. The maximum absolute atomic E-state index is 13.1. The number of hydrogen-bond donors (Lipinski definition) is 0. The number of benzene rings is 2. The molecule has 3 aromatic rings. The van der Waals surface area contributed by atoms with Gasteiger partial charge in [0.25, 0.3) is 11.8 Å². The maximum atomic E-state index is 13.1. The number of carbonyl (C=O) groups is 2. The lowest BCUT2D eigenvalue weighted by Crippen LogP contribution is -2.38. The van der Waals surface area contributed by atoms with Crippen LogP contribution in [0.4, 0.5) is 0 Å². The normalized spacial score (nSPS) is 14.9. The average Bonchev–Trinajstić information content (AvgIpc) is 3.17. The van der Waals surface area contributed by atoms with Gasteiger partial charge in [-0.15, -0.1) is 0 Å². The van der Waals surface area contributed by atoms with Crippen LogP contribution in [0, 0.1) is 0 Å². The van der Waals surface area contributed by atoms with Crippen LogP contribution in [0.15, 0.2) is 30.5 Å². The number of likely N-dealkylation sites (N-methyl/N-ethyl adjacent to an activating group) is 1. The molecule has 4 rings (SSSR count). The zero-order valence-electron chi connectivity index (χ0n) is 16.3. The molecule has 0 radical (unpaired) electrons. The Morgan fingerprint density at radius 3 is 1.97 bits per heavy atom. The summed E-state index contributed by atoms with van der Waals surface area (Å²) in [4.78, 5) is 29.4. The fraction of sp³-hybridized carbons (Fsp3) is 0.238. The first-order valence-electron chi connectivity index (χ1n) is 9.07. The van der Waals surface area contributed by atoms with Crippen LogP contribution in [0.3, 0.4) is 0 Å². The number of amides is 2. The van der Waals surface area contributed by atoms with E-state index in [-0.39, 0.29) is 43.8 Å². The molecule has 0 unspecified atom stereocenters. The largest absolute Gasteiger partial charge is 0.350 e. The molecule has 0 saturated carbocycles. The fourth-order valence-electron chi connectivity index (χ4n) is 3.91.